The molecule has 2 heterocycles. The average Bonchev–Trinajstić information content (AvgIpc) is 2.30. The molecule has 0 aromatic carbocycles. The summed E-state index contributed by atoms with van der Waals surface area (Å²) in [6.07, 6.45) is 3.33. The van der Waals surface area contributed by atoms with E-state index >= 15 is 0 Å². The minimum Gasteiger partial charge on any atom is -0.373 e. The van der Waals surface area contributed by atoms with Gasteiger partial charge in [0.2, 0.25) is 0 Å². The van der Waals surface area contributed by atoms with Gasteiger partial charge in [-0.3, -0.25) is 9.88 Å². The molecule has 1 aliphatic heterocycles. The highest BCUT2D eigenvalue weighted by molar-refractivity contribution is 5.03. The molecule has 0 radical (unpaired) electrons. The lowest BCUT2D eigenvalue weighted by Gasteiger charge is -2.36. The van der Waals surface area contributed by atoms with Crippen molar-refractivity contribution in [2.24, 2.45) is 5.73 Å². The van der Waals surface area contributed by atoms with Gasteiger partial charge in [0.15, 0.2) is 0 Å². The first kappa shape index (κ1) is 12.5. The van der Waals surface area contributed by atoms with Crippen molar-refractivity contribution in [2.45, 2.75) is 32.1 Å². The minimum absolute atomic E-state index is 0.271. The summed E-state index contributed by atoms with van der Waals surface area (Å²) in [5.74, 6) is 0. The van der Waals surface area contributed by atoms with E-state index in [-0.39, 0.29) is 12.2 Å². The van der Waals surface area contributed by atoms with Gasteiger partial charge in [-0.1, -0.05) is 6.07 Å². The van der Waals surface area contributed by atoms with Crippen LogP contribution in [0.4, 0.5) is 0 Å². The molecule has 94 valence electrons. The molecule has 0 aliphatic carbocycles. The Balaban J connectivity index is 1.92. The van der Waals surface area contributed by atoms with Crippen LogP contribution in [0, 0.1) is 0 Å². The summed E-state index contributed by atoms with van der Waals surface area (Å²) in [7, 11) is 0. The highest BCUT2D eigenvalue weighted by atomic mass is 16.5. The quantitative estimate of drug-likeness (QED) is 0.846. The van der Waals surface area contributed by atoms with Crippen molar-refractivity contribution >= 4 is 0 Å². The zero-order valence-electron chi connectivity index (χ0n) is 10.4. The Morgan fingerprint density at radius 1 is 1.47 bits per heavy atom. The summed E-state index contributed by atoms with van der Waals surface area (Å²) in [6.45, 7) is 5.63. The summed E-state index contributed by atoms with van der Waals surface area (Å²) in [4.78, 5) is 6.76. The van der Waals surface area contributed by atoms with Gasteiger partial charge in [-0.15, -0.1) is 0 Å². The van der Waals surface area contributed by atoms with Gasteiger partial charge in [0, 0.05) is 25.8 Å². The smallest absolute Gasteiger partial charge is 0.0718 e. The fraction of sp³-hybridized carbons (Fsp3) is 0.615. The molecule has 1 saturated heterocycles. The third-order valence-electron chi connectivity index (χ3n) is 3.00. The van der Waals surface area contributed by atoms with E-state index in [0.29, 0.717) is 6.54 Å². The van der Waals surface area contributed by atoms with Crippen molar-refractivity contribution in [3.63, 3.8) is 0 Å². The molecular weight excluding hydrogens is 214 g/mol. The molecule has 2 atom stereocenters. The second kappa shape index (κ2) is 6.10. The van der Waals surface area contributed by atoms with Crippen LogP contribution in [0.1, 0.15) is 19.0 Å². The average molecular weight is 235 g/mol. The Kier molecular flexibility index (Phi) is 4.48. The number of nitrogens with two attached hydrogens (primary N) is 1. The standard InChI is InChI=1S/C13H21N3O/c1-11-8-16(10-13(17-11)5-6-14)9-12-4-2-3-7-15-12/h2-4,7,11,13H,5-6,8-10,14H2,1H3. The maximum Gasteiger partial charge on any atom is 0.0718 e. The Morgan fingerprint density at radius 3 is 3.06 bits per heavy atom. The first-order valence-electron chi connectivity index (χ1n) is 6.25. The molecule has 17 heavy (non-hydrogen) atoms. The normalized spacial score (nSPS) is 26.0. The Bertz CT molecular complexity index is 331. The number of ether oxygens (including phenoxy) is 1. The number of hydrogen-bond acceptors (Lipinski definition) is 4. The second-order valence-electron chi connectivity index (χ2n) is 4.66. The first-order chi connectivity index (χ1) is 8.28. The minimum atomic E-state index is 0.271. The van der Waals surface area contributed by atoms with Crippen molar-refractivity contribution in [2.75, 3.05) is 19.6 Å². The van der Waals surface area contributed by atoms with Crippen molar-refractivity contribution in [1.82, 2.24) is 9.88 Å². The van der Waals surface area contributed by atoms with Crippen LogP contribution >= 0.6 is 0 Å². The third kappa shape index (κ3) is 3.77. The number of pyridine rings is 1. The number of rotatable bonds is 4. The molecule has 4 heteroatoms. The third-order valence-corrected chi connectivity index (χ3v) is 3.00. The number of nitrogens with zero attached hydrogens (tertiary/aromatic N) is 2. The van der Waals surface area contributed by atoms with E-state index in [1.54, 1.807) is 0 Å². The molecule has 2 N–H and O–H groups in total. The lowest BCUT2D eigenvalue weighted by atomic mass is 10.1. The van der Waals surface area contributed by atoms with Gasteiger partial charge in [0.05, 0.1) is 17.9 Å². The monoisotopic (exact) mass is 235 g/mol. The lowest BCUT2D eigenvalue weighted by molar-refractivity contribution is -0.0811. The molecule has 1 aromatic heterocycles. The van der Waals surface area contributed by atoms with Gasteiger partial charge in [0.25, 0.3) is 0 Å². The summed E-state index contributed by atoms with van der Waals surface area (Å²) in [5.41, 5.74) is 6.71. The van der Waals surface area contributed by atoms with Gasteiger partial charge in [-0.25, -0.2) is 0 Å². The maximum atomic E-state index is 5.85. The number of hydrogen-bond donors (Lipinski definition) is 1. The van der Waals surface area contributed by atoms with E-state index in [9.17, 15) is 0 Å². The Morgan fingerprint density at radius 2 is 2.35 bits per heavy atom. The van der Waals surface area contributed by atoms with Crippen molar-refractivity contribution < 1.29 is 4.74 Å². The van der Waals surface area contributed by atoms with Crippen LogP contribution in [-0.4, -0.2) is 41.7 Å². The van der Waals surface area contributed by atoms with E-state index in [2.05, 4.69) is 22.9 Å². The predicted octanol–water partition coefficient (Wildman–Crippen LogP) is 1.02. The van der Waals surface area contributed by atoms with Crippen LogP contribution in [0.15, 0.2) is 24.4 Å². The van der Waals surface area contributed by atoms with Crippen LogP contribution < -0.4 is 5.73 Å². The van der Waals surface area contributed by atoms with E-state index < -0.39 is 0 Å². The predicted molar refractivity (Wildman–Crippen MR) is 67.5 cm³/mol. The first-order valence-corrected chi connectivity index (χ1v) is 6.25. The Hall–Kier alpha value is -0.970. The van der Waals surface area contributed by atoms with Gasteiger partial charge >= 0.3 is 0 Å². The highest BCUT2D eigenvalue weighted by Gasteiger charge is 2.24. The fourth-order valence-corrected chi connectivity index (χ4v) is 2.34. The van der Waals surface area contributed by atoms with Crippen LogP contribution in [0.2, 0.25) is 0 Å². The number of morpholine rings is 1. The molecule has 4 nitrogen and oxygen atoms in total. The zero-order valence-corrected chi connectivity index (χ0v) is 10.4. The zero-order chi connectivity index (χ0) is 12.1. The van der Waals surface area contributed by atoms with Crippen molar-refractivity contribution in [1.29, 1.82) is 0 Å². The number of aromatic nitrogens is 1. The molecule has 0 amide bonds. The molecule has 0 spiro atoms. The molecule has 2 unspecified atom stereocenters. The van der Waals surface area contributed by atoms with Crippen LogP contribution in [0.5, 0.6) is 0 Å². The molecular formula is C13H21N3O. The van der Waals surface area contributed by atoms with Crippen LogP contribution in [-0.2, 0) is 11.3 Å². The van der Waals surface area contributed by atoms with Gasteiger partial charge in [-0.05, 0) is 32.0 Å². The summed E-state index contributed by atoms with van der Waals surface area (Å²) in [5, 5.41) is 0. The highest BCUT2D eigenvalue weighted by Crippen LogP contribution is 2.15. The molecule has 2 rings (SSSR count). The topological polar surface area (TPSA) is 51.4 Å². The van der Waals surface area contributed by atoms with Gasteiger partial charge in [-0.2, -0.15) is 0 Å². The SMILES string of the molecule is CC1CN(Cc2ccccn2)CC(CCN)O1. The largest absolute Gasteiger partial charge is 0.373 e. The molecule has 1 aromatic rings. The van der Waals surface area contributed by atoms with E-state index in [1.165, 1.54) is 0 Å². The summed E-state index contributed by atoms with van der Waals surface area (Å²) in [6, 6.07) is 6.05. The summed E-state index contributed by atoms with van der Waals surface area (Å²) < 4.78 is 5.85. The van der Waals surface area contributed by atoms with Crippen LogP contribution in [0.3, 0.4) is 0 Å². The lowest BCUT2D eigenvalue weighted by Crippen LogP contribution is -2.46. The van der Waals surface area contributed by atoms with E-state index in [4.69, 9.17) is 10.5 Å². The van der Waals surface area contributed by atoms with Gasteiger partial charge in [0.1, 0.15) is 0 Å². The molecule has 1 fully saturated rings. The summed E-state index contributed by atoms with van der Waals surface area (Å²) >= 11 is 0. The molecule has 0 saturated carbocycles. The second-order valence-corrected chi connectivity index (χ2v) is 4.66. The van der Waals surface area contributed by atoms with E-state index in [1.807, 2.05) is 18.3 Å². The molecule has 0 bridgehead atoms. The van der Waals surface area contributed by atoms with Gasteiger partial charge < -0.3 is 10.5 Å². The molecule has 1 aliphatic rings. The fourth-order valence-electron chi connectivity index (χ4n) is 2.34. The van der Waals surface area contributed by atoms with E-state index in [0.717, 1.165) is 31.7 Å². The van der Waals surface area contributed by atoms with Crippen molar-refractivity contribution in [3.05, 3.63) is 30.1 Å². The van der Waals surface area contributed by atoms with Crippen molar-refractivity contribution in [3.8, 4) is 0 Å². The van der Waals surface area contributed by atoms with Crippen LogP contribution in [0.25, 0.3) is 0 Å². The Labute approximate surface area is 103 Å². The maximum absolute atomic E-state index is 5.85.